The van der Waals surface area contributed by atoms with E-state index in [4.69, 9.17) is 10.1 Å². The quantitative estimate of drug-likeness (QED) is 0.217. The number of aromatic nitrogens is 6. The van der Waals surface area contributed by atoms with Crippen molar-refractivity contribution in [3.05, 3.63) is 70.5 Å². The maximum absolute atomic E-state index is 14.3. The van der Waals surface area contributed by atoms with Crippen molar-refractivity contribution in [1.82, 2.24) is 29.1 Å². The molecule has 2 saturated carbocycles. The van der Waals surface area contributed by atoms with Crippen molar-refractivity contribution in [2.75, 3.05) is 0 Å². The van der Waals surface area contributed by atoms with Gasteiger partial charge in [0, 0.05) is 54.7 Å². The average Bonchev–Trinajstić information content (AvgIpc) is 3.82. The number of nitrogens with zero attached hydrogens (tertiary/aromatic N) is 6. The summed E-state index contributed by atoms with van der Waals surface area (Å²) in [5, 5.41) is 10.5. The number of fused-ring (bicyclic) bond motifs is 2. The molecule has 4 aromatic heterocycles. The van der Waals surface area contributed by atoms with Gasteiger partial charge in [0.15, 0.2) is 0 Å². The van der Waals surface area contributed by atoms with Crippen molar-refractivity contribution >= 4 is 30.0 Å². The normalized spacial score (nSPS) is 15.6. The van der Waals surface area contributed by atoms with Crippen LogP contribution >= 0.6 is 0 Å². The van der Waals surface area contributed by atoms with E-state index >= 15 is 0 Å². The van der Waals surface area contributed by atoms with Gasteiger partial charge in [-0.1, -0.05) is 31.6 Å². The Balaban J connectivity index is 1.51. The van der Waals surface area contributed by atoms with Crippen LogP contribution in [0.4, 0.5) is 0 Å². The molecule has 1 aromatic carbocycles. The molecule has 39 heavy (non-hydrogen) atoms. The molecule has 0 saturated heterocycles. The van der Waals surface area contributed by atoms with Crippen molar-refractivity contribution in [3.8, 4) is 28.3 Å². The summed E-state index contributed by atoms with van der Waals surface area (Å²) in [6.07, 6.45) is 10.8. The summed E-state index contributed by atoms with van der Waals surface area (Å²) in [7, 11) is 0.272. The van der Waals surface area contributed by atoms with E-state index in [-0.39, 0.29) is 5.56 Å². The monoisotopic (exact) mass is 532 g/mol. The zero-order valence-corrected chi connectivity index (χ0v) is 23.9. The molecule has 0 bridgehead atoms. The summed E-state index contributed by atoms with van der Waals surface area (Å²) in [6.45, 7) is 7.61. The summed E-state index contributed by atoms with van der Waals surface area (Å²) in [6, 6.07) is 9.99. The van der Waals surface area contributed by atoms with E-state index < -0.39 is 8.07 Å². The van der Waals surface area contributed by atoms with Gasteiger partial charge in [0.2, 0.25) is 0 Å². The lowest BCUT2D eigenvalue weighted by Crippen LogP contribution is -2.24. The van der Waals surface area contributed by atoms with E-state index in [1.165, 1.54) is 25.7 Å². The molecule has 4 heterocycles. The first kappa shape index (κ1) is 24.1. The largest absolute Gasteiger partial charge is 0.344 e. The van der Waals surface area contributed by atoms with Crippen LogP contribution in [0, 0.1) is 17.4 Å². The van der Waals surface area contributed by atoms with Gasteiger partial charge in [0.25, 0.3) is 5.56 Å². The first-order valence-electron chi connectivity index (χ1n) is 13.8. The molecule has 0 amide bonds. The molecule has 7 rings (SSSR count). The zero-order valence-electron chi connectivity index (χ0n) is 22.9. The van der Waals surface area contributed by atoms with Crippen LogP contribution in [0.5, 0.6) is 0 Å². The SMILES string of the molecule is Cn1cc2cc(-n3nc4c(C#C[Si](C)(C)C)cn(CC5CC5)c4c(-c4ccc(C5CC5)nc4)c3=O)ccc2n1. The minimum absolute atomic E-state index is 0.147. The van der Waals surface area contributed by atoms with Gasteiger partial charge < -0.3 is 4.57 Å². The van der Waals surface area contributed by atoms with Crippen LogP contribution in [0.25, 0.3) is 38.8 Å². The molecule has 5 aromatic rings. The molecule has 2 aliphatic carbocycles. The van der Waals surface area contributed by atoms with Crippen molar-refractivity contribution in [2.45, 2.75) is 57.8 Å². The Hall–Kier alpha value is -3.96. The molecular weight excluding hydrogens is 500 g/mol. The van der Waals surface area contributed by atoms with Crippen molar-refractivity contribution < 1.29 is 0 Å². The number of rotatable bonds is 5. The Kier molecular flexibility index (Phi) is 5.43. The predicted octanol–water partition coefficient (Wildman–Crippen LogP) is 5.65. The smallest absolute Gasteiger partial charge is 0.281 e. The minimum Gasteiger partial charge on any atom is -0.344 e. The van der Waals surface area contributed by atoms with E-state index in [0.717, 1.165) is 45.3 Å². The van der Waals surface area contributed by atoms with E-state index in [0.29, 0.717) is 23.1 Å². The predicted molar refractivity (Wildman–Crippen MR) is 158 cm³/mol. The van der Waals surface area contributed by atoms with Crippen LogP contribution in [0.1, 0.15) is 42.9 Å². The van der Waals surface area contributed by atoms with E-state index in [1.807, 2.05) is 37.6 Å². The first-order chi connectivity index (χ1) is 18.7. The molecule has 0 radical (unpaired) electrons. The summed E-state index contributed by atoms with van der Waals surface area (Å²) in [5.41, 5.74) is 10.1. The van der Waals surface area contributed by atoms with Gasteiger partial charge in [-0.05, 0) is 55.9 Å². The molecule has 2 fully saturated rings. The number of pyridine rings is 1. The fourth-order valence-electron chi connectivity index (χ4n) is 5.21. The Bertz CT molecular complexity index is 1870. The molecule has 0 atom stereocenters. The molecular formula is C31H32N6OSi. The van der Waals surface area contributed by atoms with Gasteiger partial charge in [0.1, 0.15) is 13.6 Å². The van der Waals surface area contributed by atoms with Crippen LogP contribution in [0.2, 0.25) is 19.6 Å². The van der Waals surface area contributed by atoms with Crippen molar-refractivity contribution in [3.63, 3.8) is 0 Å². The molecule has 0 N–H and O–H groups in total. The van der Waals surface area contributed by atoms with Crippen molar-refractivity contribution in [1.29, 1.82) is 0 Å². The van der Waals surface area contributed by atoms with E-state index in [1.54, 1.807) is 9.36 Å². The second-order valence-corrected chi connectivity index (χ2v) is 17.0. The number of aryl methyl sites for hydroxylation is 1. The standard InChI is InChI=1S/C31H32N6OSi/c1-35-18-24-15-25(10-12-27(24)33-35)37-31(38)28(22-9-11-26(32-16-22)21-7-8-21)30-29(34-37)23(13-14-39(2,3)4)19-36(30)17-20-5-6-20/h9-12,15-16,18-21H,5-8,17H2,1-4H3. The maximum atomic E-state index is 14.3. The van der Waals surface area contributed by atoms with Crippen LogP contribution in [0.15, 0.2) is 53.7 Å². The van der Waals surface area contributed by atoms with Gasteiger partial charge in [-0.15, -0.1) is 5.54 Å². The summed E-state index contributed by atoms with van der Waals surface area (Å²) in [4.78, 5) is 19.1. The molecule has 7 nitrogen and oxygen atoms in total. The Morgan fingerprint density at radius 2 is 1.85 bits per heavy atom. The molecule has 0 spiro atoms. The third-order valence-electron chi connectivity index (χ3n) is 7.54. The zero-order chi connectivity index (χ0) is 26.9. The molecule has 0 unspecified atom stereocenters. The van der Waals surface area contributed by atoms with Crippen LogP contribution in [0.3, 0.4) is 0 Å². The lowest BCUT2D eigenvalue weighted by Gasteiger charge is -2.13. The highest BCUT2D eigenvalue weighted by Crippen LogP contribution is 2.40. The third kappa shape index (κ3) is 4.61. The average molecular weight is 533 g/mol. The highest BCUT2D eigenvalue weighted by atomic mass is 28.3. The molecule has 2 aliphatic rings. The Morgan fingerprint density at radius 1 is 1.03 bits per heavy atom. The highest BCUT2D eigenvalue weighted by Gasteiger charge is 2.28. The van der Waals surface area contributed by atoms with Gasteiger partial charge in [-0.2, -0.15) is 14.9 Å². The van der Waals surface area contributed by atoms with E-state index in [9.17, 15) is 4.79 Å². The maximum Gasteiger partial charge on any atom is 0.281 e. The van der Waals surface area contributed by atoms with Gasteiger partial charge in [-0.3, -0.25) is 14.5 Å². The number of hydrogen-bond acceptors (Lipinski definition) is 4. The summed E-state index contributed by atoms with van der Waals surface area (Å²) < 4.78 is 5.56. The first-order valence-corrected chi connectivity index (χ1v) is 17.3. The topological polar surface area (TPSA) is 70.5 Å². The highest BCUT2D eigenvalue weighted by molar-refractivity contribution is 6.83. The molecule has 0 aliphatic heterocycles. The lowest BCUT2D eigenvalue weighted by molar-refractivity contribution is 0.646. The number of hydrogen-bond donors (Lipinski definition) is 0. The summed E-state index contributed by atoms with van der Waals surface area (Å²) in [5.74, 6) is 4.66. The molecule has 8 heteroatoms. The molecule has 196 valence electrons. The Labute approximate surface area is 228 Å². The Morgan fingerprint density at radius 3 is 2.54 bits per heavy atom. The fraction of sp³-hybridized carbons (Fsp3) is 0.355. The second kappa shape index (κ2) is 8.78. The third-order valence-corrected chi connectivity index (χ3v) is 8.41. The van der Waals surface area contributed by atoms with Crippen molar-refractivity contribution in [2.24, 2.45) is 13.0 Å². The van der Waals surface area contributed by atoms with Gasteiger partial charge in [0.05, 0.1) is 27.8 Å². The van der Waals surface area contributed by atoms with Crippen LogP contribution < -0.4 is 5.56 Å². The van der Waals surface area contributed by atoms with Crippen LogP contribution in [-0.4, -0.2) is 37.2 Å². The lowest BCUT2D eigenvalue weighted by atomic mass is 10.1. The van der Waals surface area contributed by atoms with Gasteiger partial charge in [-0.25, -0.2) is 0 Å². The summed E-state index contributed by atoms with van der Waals surface area (Å²) >= 11 is 0. The van der Waals surface area contributed by atoms with Crippen LogP contribution in [-0.2, 0) is 13.6 Å². The van der Waals surface area contributed by atoms with Gasteiger partial charge >= 0.3 is 0 Å². The van der Waals surface area contributed by atoms with E-state index in [2.05, 4.69) is 59.1 Å². The fourth-order valence-corrected chi connectivity index (χ4v) is 5.72. The second-order valence-electron chi connectivity index (χ2n) is 12.2. The number of benzene rings is 1. The minimum atomic E-state index is -1.63.